The topological polar surface area (TPSA) is 76.6 Å². The number of pyridine rings is 1. The number of ether oxygens (including phenoxy) is 1. The standard InChI is InChI=1S/C18H15N5O/c1-11-9-14-10-15(24-2)7-8-16(14)19-17(11)12-3-5-13(6-4-12)18-20-22-23-21-18/h3-10H,1-2H3,(H,20,21,22,23). The predicted octanol–water partition coefficient (Wildman–Crippen LogP) is 3.40. The molecule has 0 saturated carbocycles. The number of methoxy groups -OCH3 is 1. The highest BCUT2D eigenvalue weighted by atomic mass is 16.5. The Hall–Kier alpha value is -3.28. The molecule has 0 bridgehead atoms. The van der Waals surface area contributed by atoms with E-state index in [-0.39, 0.29) is 0 Å². The fraction of sp³-hybridized carbons (Fsp3) is 0.111. The summed E-state index contributed by atoms with van der Waals surface area (Å²) in [6, 6.07) is 16.0. The second-order valence-electron chi connectivity index (χ2n) is 5.53. The lowest BCUT2D eigenvalue weighted by atomic mass is 10.0. The monoisotopic (exact) mass is 317 g/mol. The summed E-state index contributed by atoms with van der Waals surface area (Å²) in [4.78, 5) is 4.81. The molecule has 6 heteroatoms. The molecule has 2 aromatic carbocycles. The first kappa shape index (κ1) is 14.3. The largest absolute Gasteiger partial charge is 0.497 e. The predicted molar refractivity (Wildman–Crippen MR) is 91.6 cm³/mol. The normalized spacial score (nSPS) is 10.9. The number of tetrazole rings is 1. The molecule has 2 heterocycles. The van der Waals surface area contributed by atoms with E-state index < -0.39 is 0 Å². The lowest BCUT2D eigenvalue weighted by Gasteiger charge is -2.09. The summed E-state index contributed by atoms with van der Waals surface area (Å²) in [5.41, 5.74) is 4.99. The number of fused-ring (bicyclic) bond motifs is 1. The van der Waals surface area contributed by atoms with Gasteiger partial charge in [0.05, 0.1) is 18.3 Å². The highest BCUT2D eigenvalue weighted by Crippen LogP contribution is 2.28. The van der Waals surface area contributed by atoms with Gasteiger partial charge in [0.2, 0.25) is 5.82 Å². The zero-order valence-corrected chi connectivity index (χ0v) is 13.3. The maximum absolute atomic E-state index is 5.28. The third-order valence-corrected chi connectivity index (χ3v) is 3.97. The molecule has 0 aliphatic carbocycles. The maximum Gasteiger partial charge on any atom is 0.204 e. The molecule has 0 amide bonds. The summed E-state index contributed by atoms with van der Waals surface area (Å²) in [6.07, 6.45) is 0. The van der Waals surface area contributed by atoms with Gasteiger partial charge in [0.1, 0.15) is 5.75 Å². The summed E-state index contributed by atoms with van der Waals surface area (Å²) >= 11 is 0. The Kier molecular flexibility index (Phi) is 3.42. The lowest BCUT2D eigenvalue weighted by molar-refractivity contribution is 0.415. The van der Waals surface area contributed by atoms with Crippen LogP contribution in [0.1, 0.15) is 5.56 Å². The fourth-order valence-corrected chi connectivity index (χ4v) is 2.74. The average molecular weight is 317 g/mol. The van der Waals surface area contributed by atoms with Crippen LogP contribution in [0.4, 0.5) is 0 Å². The SMILES string of the molecule is COc1ccc2nc(-c3ccc(-c4nn[nH]n4)cc3)c(C)cc2c1. The quantitative estimate of drug-likeness (QED) is 0.626. The second kappa shape index (κ2) is 5.73. The number of H-pyrrole nitrogens is 1. The van der Waals surface area contributed by atoms with Gasteiger partial charge in [-0.25, -0.2) is 4.98 Å². The minimum atomic E-state index is 0.580. The molecule has 1 N–H and O–H groups in total. The van der Waals surface area contributed by atoms with Gasteiger partial charge in [-0.3, -0.25) is 0 Å². The van der Waals surface area contributed by atoms with Gasteiger partial charge in [-0.1, -0.05) is 24.3 Å². The third kappa shape index (κ3) is 2.48. The van der Waals surface area contributed by atoms with Gasteiger partial charge in [-0.05, 0) is 42.0 Å². The second-order valence-corrected chi connectivity index (χ2v) is 5.53. The zero-order valence-electron chi connectivity index (χ0n) is 13.3. The van der Waals surface area contributed by atoms with E-state index in [1.807, 2.05) is 42.5 Å². The Balaban J connectivity index is 1.77. The number of hydrogen-bond donors (Lipinski definition) is 1. The Bertz CT molecular complexity index is 994. The Morgan fingerprint density at radius 3 is 2.46 bits per heavy atom. The summed E-state index contributed by atoms with van der Waals surface area (Å²) < 4.78 is 5.28. The molecule has 2 aromatic heterocycles. The van der Waals surface area contributed by atoms with Crippen molar-refractivity contribution in [2.45, 2.75) is 6.92 Å². The third-order valence-electron chi connectivity index (χ3n) is 3.97. The lowest BCUT2D eigenvalue weighted by Crippen LogP contribution is -1.91. The minimum Gasteiger partial charge on any atom is -0.497 e. The zero-order chi connectivity index (χ0) is 16.5. The van der Waals surface area contributed by atoms with Crippen LogP contribution in [0.15, 0.2) is 48.5 Å². The summed E-state index contributed by atoms with van der Waals surface area (Å²) in [7, 11) is 1.67. The van der Waals surface area contributed by atoms with Gasteiger partial charge < -0.3 is 4.74 Å². The molecular weight excluding hydrogens is 302 g/mol. The maximum atomic E-state index is 5.28. The van der Waals surface area contributed by atoms with Crippen molar-refractivity contribution in [2.75, 3.05) is 7.11 Å². The highest BCUT2D eigenvalue weighted by Gasteiger charge is 2.09. The number of aryl methyl sites for hydroxylation is 1. The number of hydrogen-bond acceptors (Lipinski definition) is 5. The molecule has 0 saturated heterocycles. The average Bonchev–Trinajstić information content (AvgIpc) is 3.15. The van der Waals surface area contributed by atoms with Gasteiger partial charge >= 0.3 is 0 Å². The van der Waals surface area contributed by atoms with Crippen molar-refractivity contribution in [3.05, 3.63) is 54.1 Å². The molecule has 0 atom stereocenters. The van der Waals surface area contributed by atoms with Crippen molar-refractivity contribution in [3.8, 4) is 28.4 Å². The van der Waals surface area contributed by atoms with Crippen molar-refractivity contribution in [2.24, 2.45) is 0 Å². The fourth-order valence-electron chi connectivity index (χ4n) is 2.74. The molecule has 118 valence electrons. The van der Waals surface area contributed by atoms with Crippen molar-refractivity contribution < 1.29 is 4.74 Å². The van der Waals surface area contributed by atoms with E-state index in [0.717, 1.165) is 39.0 Å². The molecule has 4 rings (SSSR count). The Morgan fingerprint density at radius 1 is 0.958 bits per heavy atom. The van der Waals surface area contributed by atoms with E-state index in [2.05, 4.69) is 33.6 Å². The van der Waals surface area contributed by atoms with Crippen molar-refractivity contribution in [1.82, 2.24) is 25.6 Å². The van der Waals surface area contributed by atoms with E-state index in [1.54, 1.807) is 7.11 Å². The van der Waals surface area contributed by atoms with Crippen LogP contribution in [-0.2, 0) is 0 Å². The Morgan fingerprint density at radius 2 is 1.75 bits per heavy atom. The number of nitrogens with zero attached hydrogens (tertiary/aromatic N) is 4. The molecule has 0 radical (unpaired) electrons. The number of aromatic nitrogens is 5. The number of aromatic amines is 1. The summed E-state index contributed by atoms with van der Waals surface area (Å²) in [5.74, 6) is 1.41. The van der Waals surface area contributed by atoms with E-state index in [0.29, 0.717) is 5.82 Å². The van der Waals surface area contributed by atoms with Crippen molar-refractivity contribution >= 4 is 10.9 Å². The molecule has 24 heavy (non-hydrogen) atoms. The van der Waals surface area contributed by atoms with E-state index in [9.17, 15) is 0 Å². The van der Waals surface area contributed by atoms with Crippen LogP contribution in [0.25, 0.3) is 33.5 Å². The molecule has 0 fully saturated rings. The van der Waals surface area contributed by atoms with Gasteiger partial charge in [0.15, 0.2) is 0 Å². The van der Waals surface area contributed by atoms with E-state index in [1.165, 1.54) is 0 Å². The molecule has 0 unspecified atom stereocenters. The first-order chi connectivity index (χ1) is 11.7. The van der Waals surface area contributed by atoms with Gasteiger partial charge in [-0.15, -0.1) is 10.2 Å². The smallest absolute Gasteiger partial charge is 0.204 e. The van der Waals surface area contributed by atoms with Crippen LogP contribution in [-0.4, -0.2) is 32.7 Å². The van der Waals surface area contributed by atoms with Crippen LogP contribution >= 0.6 is 0 Å². The number of nitrogens with one attached hydrogen (secondary N) is 1. The molecule has 6 nitrogen and oxygen atoms in total. The van der Waals surface area contributed by atoms with Crippen molar-refractivity contribution in [1.29, 1.82) is 0 Å². The van der Waals surface area contributed by atoms with Gasteiger partial charge in [-0.2, -0.15) is 5.21 Å². The van der Waals surface area contributed by atoms with E-state index >= 15 is 0 Å². The summed E-state index contributed by atoms with van der Waals surface area (Å²) in [6.45, 7) is 2.06. The van der Waals surface area contributed by atoms with Crippen LogP contribution < -0.4 is 4.74 Å². The van der Waals surface area contributed by atoms with Crippen LogP contribution in [0.2, 0.25) is 0 Å². The molecule has 0 aliphatic rings. The highest BCUT2D eigenvalue weighted by molar-refractivity contribution is 5.84. The van der Waals surface area contributed by atoms with E-state index in [4.69, 9.17) is 9.72 Å². The van der Waals surface area contributed by atoms with Crippen LogP contribution in [0.5, 0.6) is 5.75 Å². The van der Waals surface area contributed by atoms with Crippen molar-refractivity contribution in [3.63, 3.8) is 0 Å². The number of benzene rings is 2. The van der Waals surface area contributed by atoms with Gasteiger partial charge in [0, 0.05) is 16.5 Å². The summed E-state index contributed by atoms with van der Waals surface area (Å²) in [5, 5.41) is 15.1. The molecule has 0 aliphatic heterocycles. The molecule has 4 aromatic rings. The van der Waals surface area contributed by atoms with Crippen LogP contribution in [0.3, 0.4) is 0 Å². The Labute approximate surface area is 138 Å². The molecular formula is C18H15N5O. The first-order valence-electron chi connectivity index (χ1n) is 7.54. The van der Waals surface area contributed by atoms with Crippen LogP contribution in [0, 0.1) is 6.92 Å². The van der Waals surface area contributed by atoms with Gasteiger partial charge in [0.25, 0.3) is 0 Å². The molecule has 0 spiro atoms. The minimum absolute atomic E-state index is 0.580. The first-order valence-corrected chi connectivity index (χ1v) is 7.54. The number of rotatable bonds is 3.